The normalized spacial score (nSPS) is 24.2. The summed E-state index contributed by atoms with van der Waals surface area (Å²) in [5.74, 6) is -0.539. The lowest BCUT2D eigenvalue weighted by Crippen LogP contribution is -2.53. The van der Waals surface area contributed by atoms with E-state index in [9.17, 15) is 18.0 Å². The zero-order chi connectivity index (χ0) is 20.6. The minimum Gasteiger partial charge on any atom is -0.340 e. The second-order valence-electron chi connectivity index (χ2n) is 7.99. The maximum absolute atomic E-state index is 13.2. The van der Waals surface area contributed by atoms with Crippen LogP contribution in [-0.2, 0) is 19.6 Å². The van der Waals surface area contributed by atoms with Crippen LogP contribution in [-0.4, -0.2) is 72.8 Å². The van der Waals surface area contributed by atoms with Crippen molar-refractivity contribution in [3.8, 4) is 0 Å². The van der Waals surface area contributed by atoms with Crippen molar-refractivity contribution in [1.29, 1.82) is 0 Å². The minimum atomic E-state index is -3.31. The minimum absolute atomic E-state index is 0.0371. The van der Waals surface area contributed by atoms with E-state index in [1.54, 1.807) is 30.7 Å². The van der Waals surface area contributed by atoms with Gasteiger partial charge in [0.2, 0.25) is 21.8 Å². The van der Waals surface area contributed by atoms with Crippen molar-refractivity contribution in [3.63, 3.8) is 0 Å². The number of benzene rings is 1. The van der Waals surface area contributed by atoms with E-state index in [1.165, 1.54) is 4.31 Å². The number of amides is 2. The molecule has 0 N–H and O–H groups in total. The largest absolute Gasteiger partial charge is 0.340 e. The fourth-order valence-corrected chi connectivity index (χ4v) is 5.27. The van der Waals surface area contributed by atoms with Gasteiger partial charge in [-0.25, -0.2) is 8.42 Å². The summed E-state index contributed by atoms with van der Waals surface area (Å²) >= 11 is 0. The van der Waals surface area contributed by atoms with E-state index in [4.69, 9.17) is 0 Å². The van der Waals surface area contributed by atoms with Crippen molar-refractivity contribution in [3.05, 3.63) is 35.4 Å². The van der Waals surface area contributed by atoms with Crippen LogP contribution >= 0.6 is 0 Å². The highest BCUT2D eigenvalue weighted by Crippen LogP contribution is 2.38. The summed E-state index contributed by atoms with van der Waals surface area (Å²) in [6, 6.07) is 7.65. The first-order valence-corrected chi connectivity index (χ1v) is 11.2. The van der Waals surface area contributed by atoms with E-state index in [0.717, 1.165) is 11.1 Å². The molecule has 0 saturated carbocycles. The molecule has 154 valence electrons. The molecule has 2 atom stereocenters. The third kappa shape index (κ3) is 3.80. The molecule has 0 unspecified atom stereocenters. The molecular formula is C20H29N3O4S. The molecule has 2 fully saturated rings. The van der Waals surface area contributed by atoms with Crippen LogP contribution in [0.2, 0.25) is 0 Å². The van der Waals surface area contributed by atoms with Gasteiger partial charge in [0.05, 0.1) is 17.2 Å². The van der Waals surface area contributed by atoms with Crippen molar-refractivity contribution in [2.75, 3.05) is 33.2 Å². The SMILES string of the molecule is Cc1ccc([C@@H]2[C@H](C(=O)N3CCN(S(=O)(=O)C(C)C)CC3)CC(=O)N2C)cc1. The molecule has 0 bridgehead atoms. The molecule has 2 heterocycles. The summed E-state index contributed by atoms with van der Waals surface area (Å²) in [6.07, 6.45) is 0.193. The second-order valence-corrected chi connectivity index (χ2v) is 10.5. The fraction of sp³-hybridized carbons (Fsp3) is 0.600. The molecule has 8 heteroatoms. The number of piperazine rings is 1. The van der Waals surface area contributed by atoms with Gasteiger partial charge in [-0.05, 0) is 26.3 Å². The molecule has 0 radical (unpaired) electrons. The molecule has 3 rings (SSSR count). The summed E-state index contributed by atoms with van der Waals surface area (Å²) in [5.41, 5.74) is 2.08. The average molecular weight is 408 g/mol. The van der Waals surface area contributed by atoms with Gasteiger partial charge in [-0.2, -0.15) is 4.31 Å². The van der Waals surface area contributed by atoms with Gasteiger partial charge in [0.1, 0.15) is 0 Å². The topological polar surface area (TPSA) is 78.0 Å². The summed E-state index contributed by atoms with van der Waals surface area (Å²) in [4.78, 5) is 28.9. The molecular weight excluding hydrogens is 378 g/mol. The Morgan fingerprint density at radius 1 is 1.07 bits per heavy atom. The van der Waals surface area contributed by atoms with Crippen LogP contribution < -0.4 is 0 Å². The highest BCUT2D eigenvalue weighted by molar-refractivity contribution is 7.89. The van der Waals surface area contributed by atoms with Gasteiger partial charge in [-0.1, -0.05) is 29.8 Å². The molecule has 2 aliphatic rings. The number of carbonyl (C=O) groups is 2. The monoisotopic (exact) mass is 407 g/mol. The predicted molar refractivity (Wildman–Crippen MR) is 107 cm³/mol. The van der Waals surface area contributed by atoms with Crippen LogP contribution in [0.3, 0.4) is 0 Å². The van der Waals surface area contributed by atoms with Crippen LogP contribution in [0, 0.1) is 12.8 Å². The van der Waals surface area contributed by atoms with Crippen molar-refractivity contribution in [1.82, 2.24) is 14.1 Å². The zero-order valence-corrected chi connectivity index (χ0v) is 17.8. The van der Waals surface area contributed by atoms with Gasteiger partial charge in [0.15, 0.2) is 0 Å². The lowest BCUT2D eigenvalue weighted by atomic mass is 9.91. The summed E-state index contributed by atoms with van der Waals surface area (Å²) in [7, 11) is -1.57. The number of sulfonamides is 1. The number of rotatable bonds is 4. The van der Waals surface area contributed by atoms with E-state index in [-0.39, 0.29) is 24.3 Å². The van der Waals surface area contributed by atoms with Crippen molar-refractivity contribution in [2.45, 2.75) is 38.5 Å². The van der Waals surface area contributed by atoms with E-state index in [2.05, 4.69) is 0 Å². The highest BCUT2D eigenvalue weighted by Gasteiger charge is 2.45. The van der Waals surface area contributed by atoms with Gasteiger partial charge in [0, 0.05) is 39.6 Å². The number of carbonyl (C=O) groups excluding carboxylic acids is 2. The van der Waals surface area contributed by atoms with Crippen LogP contribution in [0.15, 0.2) is 24.3 Å². The third-order valence-electron chi connectivity index (χ3n) is 5.83. The Hall–Kier alpha value is -1.93. The van der Waals surface area contributed by atoms with E-state index < -0.39 is 21.2 Å². The average Bonchev–Trinajstić information content (AvgIpc) is 2.96. The van der Waals surface area contributed by atoms with Crippen molar-refractivity contribution >= 4 is 21.8 Å². The Kier molecular flexibility index (Phi) is 5.82. The van der Waals surface area contributed by atoms with Crippen LogP contribution in [0.4, 0.5) is 0 Å². The van der Waals surface area contributed by atoms with Gasteiger partial charge < -0.3 is 9.80 Å². The first-order chi connectivity index (χ1) is 13.1. The standard InChI is InChI=1S/C20H29N3O4S/c1-14(2)28(26,27)23-11-9-22(10-12-23)20(25)17-13-18(24)21(4)19(17)16-7-5-15(3)6-8-16/h5-8,14,17,19H,9-13H2,1-4H3/t17-,19-/m1/s1. The highest BCUT2D eigenvalue weighted by atomic mass is 32.2. The first kappa shape index (κ1) is 20.8. The Morgan fingerprint density at radius 2 is 1.64 bits per heavy atom. The number of aryl methyl sites for hydroxylation is 1. The maximum atomic E-state index is 13.2. The molecule has 0 aliphatic carbocycles. The molecule has 1 aromatic carbocycles. The maximum Gasteiger partial charge on any atom is 0.228 e. The van der Waals surface area contributed by atoms with Crippen molar-refractivity contribution in [2.24, 2.45) is 5.92 Å². The first-order valence-electron chi connectivity index (χ1n) is 9.73. The molecule has 1 aromatic rings. The second kappa shape index (κ2) is 7.83. The molecule has 2 aliphatic heterocycles. The molecule has 2 saturated heterocycles. The van der Waals surface area contributed by atoms with E-state index >= 15 is 0 Å². The van der Waals surface area contributed by atoms with E-state index in [0.29, 0.717) is 26.2 Å². The predicted octanol–water partition coefficient (Wildman–Crippen LogP) is 1.40. The lowest BCUT2D eigenvalue weighted by Gasteiger charge is -2.37. The summed E-state index contributed by atoms with van der Waals surface area (Å²) < 4.78 is 26.1. The van der Waals surface area contributed by atoms with Gasteiger partial charge in [-0.15, -0.1) is 0 Å². The molecule has 0 aromatic heterocycles. The van der Waals surface area contributed by atoms with Crippen LogP contribution in [0.1, 0.15) is 37.4 Å². The number of likely N-dealkylation sites (tertiary alicyclic amines) is 1. The van der Waals surface area contributed by atoms with Gasteiger partial charge in [-0.3, -0.25) is 9.59 Å². The lowest BCUT2D eigenvalue weighted by molar-refractivity contribution is -0.137. The Balaban J connectivity index is 1.74. The van der Waals surface area contributed by atoms with E-state index in [1.807, 2.05) is 31.2 Å². The van der Waals surface area contributed by atoms with Gasteiger partial charge in [0.25, 0.3) is 0 Å². The number of hydrogen-bond donors (Lipinski definition) is 0. The Bertz CT molecular complexity index is 843. The van der Waals surface area contributed by atoms with Crippen LogP contribution in [0.25, 0.3) is 0 Å². The molecule has 0 spiro atoms. The number of nitrogens with zero attached hydrogens (tertiary/aromatic N) is 3. The quantitative estimate of drug-likeness (QED) is 0.756. The smallest absolute Gasteiger partial charge is 0.228 e. The third-order valence-corrected chi connectivity index (χ3v) is 8.10. The number of hydrogen-bond acceptors (Lipinski definition) is 4. The van der Waals surface area contributed by atoms with Crippen LogP contribution in [0.5, 0.6) is 0 Å². The molecule has 7 nitrogen and oxygen atoms in total. The summed E-state index contributed by atoms with van der Waals surface area (Å²) in [5, 5.41) is -0.471. The van der Waals surface area contributed by atoms with Crippen molar-refractivity contribution < 1.29 is 18.0 Å². The Morgan fingerprint density at radius 3 is 2.18 bits per heavy atom. The molecule has 2 amide bonds. The Labute approximate surface area is 167 Å². The zero-order valence-electron chi connectivity index (χ0n) is 17.0. The fourth-order valence-electron chi connectivity index (χ4n) is 4.01. The molecule has 28 heavy (non-hydrogen) atoms. The van der Waals surface area contributed by atoms with Gasteiger partial charge >= 0.3 is 0 Å². The summed E-state index contributed by atoms with van der Waals surface area (Å²) in [6.45, 7) is 6.66.